The summed E-state index contributed by atoms with van der Waals surface area (Å²) >= 11 is 0. The third kappa shape index (κ3) is 3.79. The van der Waals surface area contributed by atoms with Crippen LogP contribution in [0, 0.1) is 6.92 Å². The zero-order valence-corrected chi connectivity index (χ0v) is 10.1. The first-order valence-electron chi connectivity index (χ1n) is 5.74. The van der Waals surface area contributed by atoms with Crippen molar-refractivity contribution in [2.24, 2.45) is 0 Å². The van der Waals surface area contributed by atoms with Gasteiger partial charge in [-0.15, -0.1) is 6.55 Å². The van der Waals surface area contributed by atoms with E-state index in [1.807, 2.05) is 6.92 Å². The number of unbranched alkanes of at least 4 members (excludes halogenated alkanes) is 1. The number of allylic oxidation sites excluding steroid dienone is 1. The highest BCUT2D eigenvalue weighted by Crippen LogP contribution is 2.09. The van der Waals surface area contributed by atoms with E-state index in [0.717, 1.165) is 5.56 Å². The Kier molecular flexibility index (Phi) is 4.13. The molecule has 0 spiro atoms. The molecule has 0 aromatic heterocycles. The molecule has 0 aliphatic heterocycles. The molecule has 4 heteroatoms. The predicted molar refractivity (Wildman–Crippen MR) is 65.8 cm³/mol. The van der Waals surface area contributed by atoms with E-state index in [1.165, 1.54) is 6.55 Å². The quantitative estimate of drug-likeness (QED) is 0.612. The fourth-order valence-corrected chi connectivity index (χ4v) is 2.30. The lowest BCUT2D eigenvalue weighted by atomic mass is 10.2. The summed E-state index contributed by atoms with van der Waals surface area (Å²) in [6.45, 7) is 3.52. The Labute approximate surface area is 98.6 Å². The standard InChI is InChI=1S/C12H17NO2S/c1-3-4-5-10-13-16(14,15)12-8-6-11(2)7-9-12/h3,6-9,13H,1,4-5,10H2,2H3/i1D. The van der Waals surface area contributed by atoms with Gasteiger partial charge in [0, 0.05) is 6.54 Å². The SMILES string of the molecule is [2H]C=CCCCNS(=O)(=O)c1ccc(C)cc1. The van der Waals surface area contributed by atoms with Crippen LogP contribution in [0.25, 0.3) is 0 Å². The molecule has 16 heavy (non-hydrogen) atoms. The van der Waals surface area contributed by atoms with Crippen molar-refractivity contribution in [2.75, 3.05) is 6.54 Å². The molecule has 1 aromatic rings. The summed E-state index contributed by atoms with van der Waals surface area (Å²) in [7, 11) is -3.39. The highest BCUT2D eigenvalue weighted by Gasteiger charge is 2.11. The van der Waals surface area contributed by atoms with Gasteiger partial charge in [-0.2, -0.15) is 0 Å². The first kappa shape index (κ1) is 11.4. The monoisotopic (exact) mass is 240 g/mol. The summed E-state index contributed by atoms with van der Waals surface area (Å²) in [4.78, 5) is 0.291. The summed E-state index contributed by atoms with van der Waals surface area (Å²) in [5.74, 6) is 0. The molecular formula is C12H17NO2S. The van der Waals surface area contributed by atoms with Gasteiger partial charge in [0.2, 0.25) is 10.0 Å². The molecule has 1 N–H and O–H groups in total. The molecule has 0 fully saturated rings. The van der Waals surface area contributed by atoms with E-state index < -0.39 is 10.0 Å². The summed E-state index contributed by atoms with van der Waals surface area (Å²) in [6, 6.07) is 6.75. The van der Waals surface area contributed by atoms with Crippen molar-refractivity contribution >= 4 is 10.0 Å². The maximum atomic E-state index is 11.8. The van der Waals surface area contributed by atoms with Gasteiger partial charge in [0.05, 0.1) is 6.27 Å². The van der Waals surface area contributed by atoms with Crippen molar-refractivity contribution in [1.29, 1.82) is 0 Å². The van der Waals surface area contributed by atoms with Crippen molar-refractivity contribution in [3.8, 4) is 0 Å². The van der Waals surface area contributed by atoms with Gasteiger partial charge in [0.15, 0.2) is 0 Å². The number of sulfonamides is 1. The Morgan fingerprint density at radius 1 is 1.44 bits per heavy atom. The molecule has 0 bridgehead atoms. The lowest BCUT2D eigenvalue weighted by molar-refractivity contribution is 0.579. The molecule has 1 aromatic carbocycles. The Morgan fingerprint density at radius 2 is 2.12 bits per heavy atom. The molecule has 3 nitrogen and oxygen atoms in total. The molecule has 0 aliphatic rings. The number of benzene rings is 1. The minimum Gasteiger partial charge on any atom is -0.211 e. The van der Waals surface area contributed by atoms with Crippen molar-refractivity contribution in [3.05, 3.63) is 42.5 Å². The van der Waals surface area contributed by atoms with Crippen LogP contribution in [0.2, 0.25) is 0 Å². The van der Waals surface area contributed by atoms with Crippen LogP contribution in [0.15, 0.2) is 41.8 Å². The number of hydrogen-bond acceptors (Lipinski definition) is 2. The van der Waals surface area contributed by atoms with E-state index in [9.17, 15) is 8.42 Å². The van der Waals surface area contributed by atoms with Gasteiger partial charge in [0.25, 0.3) is 0 Å². The summed E-state index contributed by atoms with van der Waals surface area (Å²) in [6.07, 6.45) is 3.10. The first-order chi connectivity index (χ1) is 8.06. The van der Waals surface area contributed by atoms with Gasteiger partial charge in [-0.25, -0.2) is 13.1 Å². The average molecular weight is 240 g/mol. The van der Waals surface area contributed by atoms with Crippen molar-refractivity contribution in [1.82, 2.24) is 4.72 Å². The molecule has 0 amide bonds. The lowest BCUT2D eigenvalue weighted by Crippen LogP contribution is -2.24. The zero-order chi connectivity index (χ0) is 12.7. The van der Waals surface area contributed by atoms with E-state index >= 15 is 0 Å². The second kappa shape index (κ2) is 5.82. The largest absolute Gasteiger partial charge is 0.240 e. The molecule has 0 radical (unpaired) electrons. The van der Waals surface area contributed by atoms with Crippen LogP contribution in [0.5, 0.6) is 0 Å². The zero-order valence-electron chi connectivity index (χ0n) is 10.3. The molecule has 1 rings (SSSR count). The van der Waals surface area contributed by atoms with Crippen LogP contribution in [-0.2, 0) is 10.0 Å². The maximum Gasteiger partial charge on any atom is 0.240 e. The van der Waals surface area contributed by atoms with E-state index in [-0.39, 0.29) is 0 Å². The van der Waals surface area contributed by atoms with Crippen LogP contribution in [0.4, 0.5) is 0 Å². The average Bonchev–Trinajstić information content (AvgIpc) is 2.29. The Hall–Kier alpha value is -1.13. The Bertz CT molecular complexity index is 466. The van der Waals surface area contributed by atoms with E-state index in [0.29, 0.717) is 24.3 Å². The lowest BCUT2D eigenvalue weighted by Gasteiger charge is -2.06. The Morgan fingerprint density at radius 3 is 2.75 bits per heavy atom. The third-order valence-electron chi connectivity index (χ3n) is 2.17. The minimum absolute atomic E-state index is 0.291. The van der Waals surface area contributed by atoms with Crippen LogP contribution >= 0.6 is 0 Å². The molecule has 88 valence electrons. The number of aryl methyl sites for hydroxylation is 1. The molecule has 0 saturated carbocycles. The van der Waals surface area contributed by atoms with Crippen molar-refractivity contribution in [2.45, 2.75) is 24.7 Å². The highest BCUT2D eigenvalue weighted by molar-refractivity contribution is 7.89. The summed E-state index contributed by atoms with van der Waals surface area (Å²) in [5.41, 5.74) is 1.03. The van der Waals surface area contributed by atoms with E-state index in [1.54, 1.807) is 30.3 Å². The van der Waals surface area contributed by atoms with Gasteiger partial charge >= 0.3 is 0 Å². The third-order valence-corrected chi connectivity index (χ3v) is 3.65. The number of hydrogen-bond donors (Lipinski definition) is 1. The van der Waals surface area contributed by atoms with E-state index in [4.69, 9.17) is 1.37 Å². The highest BCUT2D eigenvalue weighted by atomic mass is 32.2. The molecule has 0 heterocycles. The minimum atomic E-state index is -3.39. The van der Waals surface area contributed by atoms with Crippen molar-refractivity contribution in [3.63, 3.8) is 0 Å². The molecular weight excluding hydrogens is 222 g/mol. The number of rotatable bonds is 6. The van der Waals surface area contributed by atoms with Gasteiger partial charge in [-0.1, -0.05) is 23.8 Å². The Balaban J connectivity index is 2.54. The second-order valence-electron chi connectivity index (χ2n) is 3.59. The number of nitrogens with one attached hydrogen (secondary N) is 1. The molecule has 0 saturated heterocycles. The maximum absolute atomic E-state index is 11.8. The van der Waals surface area contributed by atoms with E-state index in [2.05, 4.69) is 4.72 Å². The smallest absolute Gasteiger partial charge is 0.211 e. The van der Waals surface area contributed by atoms with Gasteiger partial charge in [0.1, 0.15) is 0 Å². The first-order valence-corrected chi connectivity index (χ1v) is 6.64. The molecule has 0 aliphatic carbocycles. The van der Waals surface area contributed by atoms with Crippen LogP contribution in [0.3, 0.4) is 0 Å². The van der Waals surface area contributed by atoms with Gasteiger partial charge < -0.3 is 0 Å². The normalized spacial score (nSPS) is 12.9. The van der Waals surface area contributed by atoms with Gasteiger partial charge in [-0.05, 0) is 31.9 Å². The fraction of sp³-hybridized carbons (Fsp3) is 0.333. The van der Waals surface area contributed by atoms with Crippen molar-refractivity contribution < 1.29 is 9.79 Å². The predicted octanol–water partition coefficient (Wildman–Crippen LogP) is 2.24. The van der Waals surface area contributed by atoms with Crippen LogP contribution < -0.4 is 4.72 Å². The van der Waals surface area contributed by atoms with Crippen LogP contribution in [-0.4, -0.2) is 15.0 Å². The van der Waals surface area contributed by atoms with Gasteiger partial charge in [-0.3, -0.25) is 0 Å². The second-order valence-corrected chi connectivity index (χ2v) is 5.36. The fourth-order valence-electron chi connectivity index (χ4n) is 1.23. The molecule has 0 unspecified atom stereocenters. The van der Waals surface area contributed by atoms with Crippen LogP contribution in [0.1, 0.15) is 19.8 Å². The summed E-state index contributed by atoms with van der Waals surface area (Å²) in [5, 5.41) is 0. The topological polar surface area (TPSA) is 46.2 Å². The summed E-state index contributed by atoms with van der Waals surface area (Å²) < 4.78 is 32.9. The molecule has 0 atom stereocenters.